The highest BCUT2D eigenvalue weighted by atomic mass is 32.2. The highest BCUT2D eigenvalue weighted by Gasteiger charge is 2.54. The van der Waals surface area contributed by atoms with Gasteiger partial charge in [-0.25, -0.2) is 4.98 Å². The molecule has 5 nitrogen and oxygen atoms in total. The van der Waals surface area contributed by atoms with E-state index in [1.54, 1.807) is 32.2 Å². The Morgan fingerprint density at radius 2 is 1.67 bits per heavy atom. The normalized spacial score (nSPS) is 26.9. The second kappa shape index (κ2) is 6.82. The molecule has 3 saturated carbocycles. The summed E-state index contributed by atoms with van der Waals surface area (Å²) in [4.78, 5) is 4.09. The predicted octanol–water partition coefficient (Wildman–Crippen LogP) is 4.81. The fraction of sp³-hybridized carbons (Fsp3) is 0.571. The summed E-state index contributed by atoms with van der Waals surface area (Å²) in [6.07, 6.45) is -0.362. The number of hydrogen-bond acceptors (Lipinski definition) is 4. The summed E-state index contributed by atoms with van der Waals surface area (Å²) < 4.78 is 72.5. The van der Waals surface area contributed by atoms with Gasteiger partial charge in [0, 0.05) is 18.7 Å². The van der Waals surface area contributed by atoms with Crippen molar-refractivity contribution in [1.82, 2.24) is 9.55 Å². The van der Waals surface area contributed by atoms with Crippen LogP contribution in [0.2, 0.25) is 0 Å². The van der Waals surface area contributed by atoms with Gasteiger partial charge in [0.1, 0.15) is 5.82 Å². The van der Waals surface area contributed by atoms with E-state index in [2.05, 4.69) is 4.98 Å². The van der Waals surface area contributed by atoms with Crippen molar-refractivity contribution in [2.75, 3.05) is 0 Å². The summed E-state index contributed by atoms with van der Waals surface area (Å²) >= 11 is 0. The molecule has 3 aliphatic carbocycles. The Labute approximate surface area is 174 Å². The van der Waals surface area contributed by atoms with Crippen LogP contribution >= 0.6 is 0 Å². The molecule has 0 saturated heterocycles. The monoisotopic (exact) mass is 442 g/mol. The molecule has 0 unspecified atom stereocenters. The van der Waals surface area contributed by atoms with Crippen LogP contribution in [0.25, 0.3) is 0 Å². The molecule has 0 N–H and O–H groups in total. The first-order valence-corrected chi connectivity index (χ1v) is 11.4. The van der Waals surface area contributed by atoms with Gasteiger partial charge < -0.3 is 4.57 Å². The molecule has 0 aliphatic heterocycles. The number of aryl methyl sites for hydroxylation is 3. The van der Waals surface area contributed by atoms with Gasteiger partial charge in [0.25, 0.3) is 10.1 Å². The predicted molar refractivity (Wildman–Crippen MR) is 105 cm³/mol. The van der Waals surface area contributed by atoms with Crippen molar-refractivity contribution >= 4 is 10.1 Å². The standard InChI is InChI=1S/C21H25F3N2O3S/c1-14-4-5-16(15(2)12-14)30(27,28)29-20-9-6-19(7-10-20,8-11-20)18-25-17(13-26(18)3)21(22,23)24/h4-5,12-13H,6-11H2,1-3H3. The number of alkyl halides is 3. The highest BCUT2D eigenvalue weighted by Crippen LogP contribution is 2.55. The first-order valence-electron chi connectivity index (χ1n) is 10.00. The summed E-state index contributed by atoms with van der Waals surface area (Å²) in [6.45, 7) is 3.64. The zero-order chi connectivity index (χ0) is 21.9. The third-order valence-corrected chi connectivity index (χ3v) is 8.27. The fourth-order valence-electron chi connectivity index (χ4n) is 5.06. The van der Waals surface area contributed by atoms with Gasteiger partial charge >= 0.3 is 6.18 Å². The maximum Gasteiger partial charge on any atom is 0.434 e. The lowest BCUT2D eigenvalue weighted by molar-refractivity contribution is -0.141. The molecule has 0 atom stereocenters. The number of nitrogens with zero attached hydrogens (tertiary/aromatic N) is 2. The van der Waals surface area contributed by atoms with Gasteiger partial charge in [0.2, 0.25) is 0 Å². The minimum absolute atomic E-state index is 0.170. The summed E-state index contributed by atoms with van der Waals surface area (Å²) in [5.41, 5.74) is -0.536. The SMILES string of the molecule is Cc1ccc(S(=O)(=O)OC23CCC(c4nc(C(F)(F)F)cn4C)(CC2)CC3)c(C)c1. The molecule has 30 heavy (non-hydrogen) atoms. The van der Waals surface area contributed by atoms with Crippen LogP contribution in [-0.2, 0) is 32.9 Å². The second-order valence-corrected chi connectivity index (χ2v) is 10.3. The van der Waals surface area contributed by atoms with E-state index in [-0.39, 0.29) is 4.90 Å². The average Bonchev–Trinajstić information content (AvgIpc) is 3.05. The molecule has 164 valence electrons. The van der Waals surface area contributed by atoms with Crippen LogP contribution in [0.5, 0.6) is 0 Å². The molecule has 0 spiro atoms. The molecule has 1 heterocycles. The molecule has 2 bridgehead atoms. The maximum absolute atomic E-state index is 13.1. The topological polar surface area (TPSA) is 61.2 Å². The van der Waals surface area contributed by atoms with E-state index in [1.807, 2.05) is 6.92 Å². The van der Waals surface area contributed by atoms with Crippen LogP contribution in [0, 0.1) is 13.8 Å². The molecule has 0 radical (unpaired) electrons. The minimum Gasteiger partial charge on any atom is -0.337 e. The molecule has 5 rings (SSSR count). The Bertz CT molecular complexity index is 1060. The van der Waals surface area contributed by atoms with Crippen LogP contribution in [-0.4, -0.2) is 23.6 Å². The van der Waals surface area contributed by atoms with Gasteiger partial charge in [-0.1, -0.05) is 17.7 Å². The van der Waals surface area contributed by atoms with E-state index in [9.17, 15) is 21.6 Å². The Morgan fingerprint density at radius 1 is 1.07 bits per heavy atom. The Balaban J connectivity index is 1.56. The van der Waals surface area contributed by atoms with Gasteiger partial charge in [0.05, 0.1) is 10.5 Å². The largest absolute Gasteiger partial charge is 0.434 e. The third kappa shape index (κ3) is 3.56. The van der Waals surface area contributed by atoms with Crippen LogP contribution in [0.3, 0.4) is 0 Å². The highest BCUT2D eigenvalue weighted by molar-refractivity contribution is 7.86. The van der Waals surface area contributed by atoms with E-state index in [0.717, 1.165) is 11.8 Å². The smallest absolute Gasteiger partial charge is 0.337 e. The molecular weight excluding hydrogens is 417 g/mol. The molecule has 1 aromatic heterocycles. The van der Waals surface area contributed by atoms with Crippen molar-refractivity contribution in [3.63, 3.8) is 0 Å². The first kappa shape index (κ1) is 21.4. The molecule has 3 fully saturated rings. The van der Waals surface area contributed by atoms with E-state index in [4.69, 9.17) is 4.18 Å². The lowest BCUT2D eigenvalue weighted by Crippen LogP contribution is -2.51. The van der Waals surface area contributed by atoms with Crippen molar-refractivity contribution in [1.29, 1.82) is 0 Å². The second-order valence-electron chi connectivity index (χ2n) is 8.83. The lowest BCUT2D eigenvalue weighted by Gasteiger charge is -2.51. The number of aromatic nitrogens is 2. The summed E-state index contributed by atoms with van der Waals surface area (Å²) in [6, 6.07) is 5.12. The maximum atomic E-state index is 13.1. The fourth-order valence-corrected chi connectivity index (χ4v) is 6.56. The number of hydrogen-bond donors (Lipinski definition) is 0. The summed E-state index contributed by atoms with van der Waals surface area (Å²) in [5, 5.41) is 0. The van der Waals surface area contributed by atoms with Crippen LogP contribution < -0.4 is 0 Å². The number of halogens is 3. The molecule has 0 amide bonds. The molecule has 3 aliphatic rings. The molecule has 1 aromatic carbocycles. The van der Waals surface area contributed by atoms with E-state index >= 15 is 0 Å². The summed E-state index contributed by atoms with van der Waals surface area (Å²) in [5.74, 6) is 0.431. The van der Waals surface area contributed by atoms with Gasteiger partial charge in [-0.2, -0.15) is 21.6 Å². The number of imidazole rings is 1. The Morgan fingerprint density at radius 3 is 2.17 bits per heavy atom. The Kier molecular flexibility index (Phi) is 4.85. The number of fused-ring (bicyclic) bond motifs is 3. The minimum atomic E-state index is -4.48. The van der Waals surface area contributed by atoms with E-state index in [1.165, 1.54) is 4.57 Å². The van der Waals surface area contributed by atoms with Crippen LogP contribution in [0.4, 0.5) is 13.2 Å². The van der Waals surface area contributed by atoms with E-state index in [0.29, 0.717) is 49.9 Å². The molecule has 2 aromatic rings. The first-order chi connectivity index (χ1) is 13.9. The third-order valence-electron chi connectivity index (χ3n) is 6.70. The van der Waals surface area contributed by atoms with Gasteiger partial charge in [0.15, 0.2) is 5.69 Å². The average molecular weight is 443 g/mol. The number of benzene rings is 1. The van der Waals surface area contributed by atoms with Gasteiger partial charge in [-0.3, -0.25) is 4.18 Å². The van der Waals surface area contributed by atoms with E-state index < -0.39 is 33.0 Å². The Hall–Kier alpha value is -1.87. The van der Waals surface area contributed by atoms with Gasteiger partial charge in [-0.05, 0) is 64.0 Å². The summed E-state index contributed by atoms with van der Waals surface area (Å²) in [7, 11) is -2.34. The zero-order valence-corrected chi connectivity index (χ0v) is 18.0. The van der Waals surface area contributed by atoms with Crippen molar-refractivity contribution < 1.29 is 25.8 Å². The van der Waals surface area contributed by atoms with Crippen molar-refractivity contribution in [3.8, 4) is 0 Å². The van der Waals surface area contributed by atoms with Crippen LogP contribution in [0.15, 0.2) is 29.3 Å². The molecule has 9 heteroatoms. The van der Waals surface area contributed by atoms with Crippen molar-refractivity contribution in [2.45, 2.75) is 74.5 Å². The lowest BCUT2D eigenvalue weighted by atomic mass is 9.58. The van der Waals surface area contributed by atoms with Crippen molar-refractivity contribution in [3.05, 3.63) is 47.0 Å². The quantitative estimate of drug-likeness (QED) is 0.638. The zero-order valence-electron chi connectivity index (χ0n) is 17.2. The number of rotatable bonds is 4. The van der Waals surface area contributed by atoms with Crippen LogP contribution in [0.1, 0.15) is 61.2 Å². The van der Waals surface area contributed by atoms with Gasteiger partial charge in [-0.15, -0.1) is 0 Å². The molecular formula is C21H25F3N2O3S. The van der Waals surface area contributed by atoms with Crippen molar-refractivity contribution in [2.24, 2.45) is 7.05 Å².